The molecule has 0 bridgehead atoms. The van der Waals surface area contributed by atoms with Crippen molar-refractivity contribution in [2.45, 2.75) is 58.7 Å². The minimum Gasteiger partial charge on any atom is -0.472 e. The van der Waals surface area contributed by atoms with Crippen molar-refractivity contribution in [2.24, 2.45) is 11.8 Å². The van der Waals surface area contributed by atoms with Gasteiger partial charge in [-0.15, -0.1) is 0 Å². The fourth-order valence-corrected chi connectivity index (χ4v) is 3.92. The maximum Gasteiger partial charge on any atom is 0.0950 e. The maximum absolute atomic E-state index is 5.35. The predicted octanol–water partition coefficient (Wildman–Crippen LogP) is 4.65. The second-order valence-corrected chi connectivity index (χ2v) is 8.18. The molecule has 2 aromatic rings. The average Bonchev–Trinajstić information content (AvgIpc) is 3.15. The van der Waals surface area contributed by atoms with Gasteiger partial charge in [-0.25, -0.2) is 0 Å². The predicted molar refractivity (Wildman–Crippen MR) is 106 cm³/mol. The van der Waals surface area contributed by atoms with Crippen molar-refractivity contribution in [3.05, 3.63) is 54.2 Å². The van der Waals surface area contributed by atoms with Crippen LogP contribution >= 0.6 is 0 Å². The van der Waals surface area contributed by atoms with E-state index in [1.54, 1.807) is 6.26 Å². The van der Waals surface area contributed by atoms with Crippen molar-refractivity contribution in [3.8, 4) is 0 Å². The highest BCUT2D eigenvalue weighted by atomic mass is 16.3. The van der Waals surface area contributed by atoms with Gasteiger partial charge in [0.15, 0.2) is 0 Å². The molecule has 3 atom stereocenters. The van der Waals surface area contributed by atoms with Crippen LogP contribution in [-0.4, -0.2) is 29.0 Å². The Hall–Kier alpha value is -1.65. The number of furan rings is 1. The molecule has 1 saturated heterocycles. The minimum atomic E-state index is 0.394. The van der Waals surface area contributed by atoms with Gasteiger partial charge < -0.3 is 9.73 Å². The molecule has 1 aliphatic heterocycles. The molecule has 1 fully saturated rings. The van der Waals surface area contributed by atoms with Crippen LogP contribution in [0.25, 0.3) is 0 Å². The molecule has 26 heavy (non-hydrogen) atoms. The van der Waals surface area contributed by atoms with Gasteiger partial charge in [0.25, 0.3) is 0 Å². The lowest BCUT2D eigenvalue weighted by atomic mass is 9.91. The zero-order chi connectivity index (χ0) is 18.4. The van der Waals surface area contributed by atoms with Crippen LogP contribution in [0.5, 0.6) is 0 Å². The molecule has 4 heteroatoms. The lowest BCUT2D eigenvalue weighted by Crippen LogP contribution is -2.49. The summed E-state index contributed by atoms with van der Waals surface area (Å²) in [5.74, 6) is 1.35. The van der Waals surface area contributed by atoms with Crippen molar-refractivity contribution in [3.63, 3.8) is 0 Å². The van der Waals surface area contributed by atoms with E-state index in [-0.39, 0.29) is 0 Å². The van der Waals surface area contributed by atoms with E-state index in [2.05, 4.69) is 54.2 Å². The summed E-state index contributed by atoms with van der Waals surface area (Å²) in [7, 11) is 0. The van der Waals surface area contributed by atoms with E-state index in [1.165, 1.54) is 24.1 Å². The number of nitrogens with one attached hydrogen (secondary N) is 1. The molecular weight excluding hydrogens is 322 g/mol. The SMILES string of the molecule is CC(C)CC[C@H](N[C@H]1CCN(Cc2ccccn2)C[C@H]1C)c1ccoc1. The maximum atomic E-state index is 5.35. The van der Waals surface area contributed by atoms with E-state index in [4.69, 9.17) is 4.42 Å². The Morgan fingerprint density at radius 1 is 1.27 bits per heavy atom. The van der Waals surface area contributed by atoms with Gasteiger partial charge in [0.2, 0.25) is 0 Å². The summed E-state index contributed by atoms with van der Waals surface area (Å²) in [5.41, 5.74) is 2.45. The van der Waals surface area contributed by atoms with Crippen molar-refractivity contribution in [2.75, 3.05) is 13.1 Å². The summed E-state index contributed by atoms with van der Waals surface area (Å²) in [4.78, 5) is 7.01. The van der Waals surface area contributed by atoms with Crippen LogP contribution in [0.4, 0.5) is 0 Å². The molecule has 0 saturated carbocycles. The topological polar surface area (TPSA) is 41.3 Å². The van der Waals surface area contributed by atoms with Gasteiger partial charge >= 0.3 is 0 Å². The third kappa shape index (κ3) is 5.42. The quantitative estimate of drug-likeness (QED) is 0.748. The molecule has 0 aliphatic carbocycles. The molecule has 0 radical (unpaired) electrons. The average molecular weight is 356 g/mol. The molecule has 0 aromatic carbocycles. The lowest BCUT2D eigenvalue weighted by Gasteiger charge is -2.39. The van der Waals surface area contributed by atoms with Crippen LogP contribution in [0, 0.1) is 11.8 Å². The van der Waals surface area contributed by atoms with Crippen LogP contribution in [0.3, 0.4) is 0 Å². The highest BCUT2D eigenvalue weighted by Crippen LogP contribution is 2.26. The van der Waals surface area contributed by atoms with E-state index in [1.807, 2.05) is 18.5 Å². The summed E-state index contributed by atoms with van der Waals surface area (Å²) in [5, 5.41) is 3.95. The van der Waals surface area contributed by atoms with Gasteiger partial charge in [0, 0.05) is 43.5 Å². The second kappa shape index (κ2) is 9.33. The Morgan fingerprint density at radius 2 is 2.15 bits per heavy atom. The lowest BCUT2D eigenvalue weighted by molar-refractivity contribution is 0.131. The van der Waals surface area contributed by atoms with Gasteiger partial charge in [-0.2, -0.15) is 0 Å². The fraction of sp³-hybridized carbons (Fsp3) is 0.591. The van der Waals surface area contributed by atoms with E-state index in [9.17, 15) is 0 Å². The van der Waals surface area contributed by atoms with Gasteiger partial charge in [0.05, 0.1) is 18.2 Å². The monoisotopic (exact) mass is 355 g/mol. The second-order valence-electron chi connectivity index (χ2n) is 8.18. The number of hydrogen-bond donors (Lipinski definition) is 1. The third-order valence-corrected chi connectivity index (χ3v) is 5.49. The smallest absolute Gasteiger partial charge is 0.0950 e. The first kappa shape index (κ1) is 19.1. The van der Waals surface area contributed by atoms with Crippen molar-refractivity contribution >= 4 is 0 Å². The number of aromatic nitrogens is 1. The number of rotatable bonds is 8. The largest absolute Gasteiger partial charge is 0.472 e. The van der Waals surface area contributed by atoms with Gasteiger partial charge in [0.1, 0.15) is 0 Å². The fourth-order valence-electron chi connectivity index (χ4n) is 3.92. The molecule has 1 N–H and O–H groups in total. The minimum absolute atomic E-state index is 0.394. The van der Waals surface area contributed by atoms with E-state index < -0.39 is 0 Å². The van der Waals surface area contributed by atoms with E-state index in [0.717, 1.165) is 32.0 Å². The summed E-state index contributed by atoms with van der Waals surface area (Å²) >= 11 is 0. The first-order chi connectivity index (χ1) is 12.6. The van der Waals surface area contributed by atoms with Crippen LogP contribution in [0.1, 0.15) is 57.3 Å². The number of likely N-dealkylation sites (tertiary alicyclic amines) is 1. The Kier molecular flexibility index (Phi) is 6.86. The third-order valence-electron chi connectivity index (χ3n) is 5.49. The van der Waals surface area contributed by atoms with Gasteiger partial charge in [-0.3, -0.25) is 9.88 Å². The summed E-state index contributed by atoms with van der Waals surface area (Å²) in [6, 6.07) is 9.24. The molecule has 0 unspecified atom stereocenters. The standard InChI is InChI=1S/C22H33N3O/c1-17(2)7-8-22(19-10-13-26-16-19)24-21-9-12-25(14-18(21)3)15-20-6-4-5-11-23-20/h4-6,10-11,13,16-18,21-22,24H,7-9,12,14-15H2,1-3H3/t18-,21+,22+/m1/s1. The molecule has 3 heterocycles. The van der Waals surface area contributed by atoms with E-state index in [0.29, 0.717) is 18.0 Å². The normalized spacial score (nSPS) is 22.6. The molecule has 2 aromatic heterocycles. The Morgan fingerprint density at radius 3 is 2.81 bits per heavy atom. The van der Waals surface area contributed by atoms with Crippen LogP contribution in [0.15, 0.2) is 47.4 Å². The first-order valence-electron chi connectivity index (χ1n) is 10.0. The zero-order valence-corrected chi connectivity index (χ0v) is 16.4. The molecule has 0 amide bonds. The van der Waals surface area contributed by atoms with Crippen LogP contribution in [-0.2, 0) is 6.54 Å². The summed E-state index contributed by atoms with van der Waals surface area (Å²) < 4.78 is 5.35. The van der Waals surface area contributed by atoms with Crippen LogP contribution in [0.2, 0.25) is 0 Å². The highest BCUT2D eigenvalue weighted by molar-refractivity contribution is 5.12. The molecule has 142 valence electrons. The Balaban J connectivity index is 1.55. The van der Waals surface area contributed by atoms with Gasteiger partial charge in [-0.05, 0) is 49.3 Å². The Bertz CT molecular complexity index is 626. The van der Waals surface area contributed by atoms with Gasteiger partial charge in [-0.1, -0.05) is 26.8 Å². The summed E-state index contributed by atoms with van der Waals surface area (Å²) in [6.07, 6.45) is 9.16. The number of hydrogen-bond acceptors (Lipinski definition) is 4. The van der Waals surface area contributed by atoms with Crippen LogP contribution < -0.4 is 5.32 Å². The molecule has 4 nitrogen and oxygen atoms in total. The number of piperidine rings is 1. The Labute approximate surface area is 158 Å². The van der Waals surface area contributed by atoms with Crippen molar-refractivity contribution < 1.29 is 4.42 Å². The molecule has 3 rings (SSSR count). The molecule has 1 aliphatic rings. The van der Waals surface area contributed by atoms with Crippen molar-refractivity contribution in [1.82, 2.24) is 15.2 Å². The highest BCUT2D eigenvalue weighted by Gasteiger charge is 2.28. The van der Waals surface area contributed by atoms with E-state index >= 15 is 0 Å². The zero-order valence-electron chi connectivity index (χ0n) is 16.4. The molecule has 0 spiro atoms. The first-order valence-corrected chi connectivity index (χ1v) is 10.0. The summed E-state index contributed by atoms with van der Waals surface area (Å²) in [6.45, 7) is 10.2. The van der Waals surface area contributed by atoms with Crippen molar-refractivity contribution in [1.29, 1.82) is 0 Å². The molecular formula is C22H33N3O. The number of pyridine rings is 1. The number of nitrogens with zero attached hydrogens (tertiary/aromatic N) is 2.